The van der Waals surface area contributed by atoms with Crippen LogP contribution in [0.4, 0.5) is 0 Å². The molecular weight excluding hydrogens is 1190 g/mol. The van der Waals surface area contributed by atoms with Gasteiger partial charge in [0.15, 0.2) is 0 Å². The molecule has 0 amide bonds. The predicted molar refractivity (Wildman–Crippen MR) is 279 cm³/mol. The van der Waals surface area contributed by atoms with E-state index in [1.807, 2.05) is 0 Å². The van der Waals surface area contributed by atoms with Crippen molar-refractivity contribution in [1.29, 1.82) is 0 Å². The Labute approximate surface area is 511 Å². The quantitative estimate of drug-likeness (QED) is 0.115. The van der Waals surface area contributed by atoms with E-state index < -0.39 is 20.5 Å². The van der Waals surface area contributed by atoms with Crippen molar-refractivity contribution in [3.63, 3.8) is 0 Å². The monoisotopic (exact) mass is 1270 g/mol. The summed E-state index contributed by atoms with van der Waals surface area (Å²) in [5.41, 5.74) is 6.03. The Hall–Kier alpha value is -4.47. The van der Waals surface area contributed by atoms with Crippen LogP contribution in [0.25, 0.3) is 0 Å². The van der Waals surface area contributed by atoms with Crippen LogP contribution in [0, 0.1) is 20.5 Å². The first kappa shape index (κ1) is 66.5. The van der Waals surface area contributed by atoms with Gasteiger partial charge in [0, 0.05) is 39.3 Å². The Bertz CT molecular complexity index is 2320. The predicted octanol–water partition coefficient (Wildman–Crippen LogP) is 0.844. The van der Waals surface area contributed by atoms with Crippen LogP contribution in [0.1, 0.15) is 263 Å². The van der Waals surface area contributed by atoms with Crippen LogP contribution < -0.4 is 37.3 Å². The molecule has 0 bridgehead atoms. The Kier molecular flexibility index (Phi) is 26.0. The molecule has 0 saturated heterocycles. The maximum absolute atomic E-state index is 8.49. The molecule has 6 aliphatic carbocycles. The van der Waals surface area contributed by atoms with Gasteiger partial charge in [-0.25, -0.2) is 65.4 Å². The Morgan fingerprint density at radius 3 is 0.529 bits per heavy atom. The van der Waals surface area contributed by atoms with Gasteiger partial charge in [-0.15, -0.1) is 51.1 Å². The minimum Gasteiger partial charge on any atom is -0.285 e. The zero-order chi connectivity index (χ0) is 58.7. The average Bonchev–Trinajstić information content (AvgIpc) is 4.57. The summed E-state index contributed by atoms with van der Waals surface area (Å²) in [6.07, 6.45) is 51.0. The van der Waals surface area contributed by atoms with Crippen molar-refractivity contribution in [3.05, 3.63) is 71.3 Å². The Morgan fingerprint density at radius 1 is 0.271 bits per heavy atom. The molecule has 28 nitrogen and oxygen atoms in total. The molecule has 0 atom stereocenters. The number of rotatable bonds is 18. The van der Waals surface area contributed by atoms with E-state index in [0.717, 1.165) is 34.2 Å². The SMILES string of the molecule is [Co+2].[O-][Cl+3]([O-])([O-])[O-].[O-][Cl+3]([O-])([O-])[O-].c1c(CN(Cc2cn(C3CCCCC3)nn2)Cc2cn(C3CCCCC3)nn2)nnn1C1CCCCC1.c1c(CN(Cc2cn(C3CCCCC3)nn2)Cc2cn(C3CCCCC3)nn2)nnn1C1CCCCC1. The third kappa shape index (κ3) is 22.6. The van der Waals surface area contributed by atoms with Crippen molar-refractivity contribution < 1.29 is 74.5 Å². The van der Waals surface area contributed by atoms with E-state index in [0.29, 0.717) is 75.5 Å². The summed E-state index contributed by atoms with van der Waals surface area (Å²) in [5.74, 6) is 0. The van der Waals surface area contributed by atoms with Gasteiger partial charge in [0.2, 0.25) is 0 Å². The van der Waals surface area contributed by atoms with Gasteiger partial charge >= 0.3 is 16.8 Å². The first-order chi connectivity index (χ1) is 40.6. The molecule has 6 aromatic heterocycles. The van der Waals surface area contributed by atoms with E-state index in [4.69, 9.17) is 37.3 Å². The normalized spacial score (nSPS) is 19.4. The molecule has 0 aromatic carbocycles. The molecule has 6 aromatic rings. The fourth-order valence-electron chi connectivity index (χ4n) is 13.2. The first-order valence-corrected chi connectivity index (χ1v) is 33.2. The molecule has 0 spiro atoms. The second-order valence-corrected chi connectivity index (χ2v) is 25.4. The molecule has 6 heterocycles. The second-order valence-electron chi connectivity index (χ2n) is 23.9. The van der Waals surface area contributed by atoms with E-state index in [-0.39, 0.29) is 16.8 Å². The van der Waals surface area contributed by atoms with E-state index in [1.165, 1.54) is 193 Å². The first-order valence-electron chi connectivity index (χ1n) is 30.7. The topological polar surface area (TPSA) is 375 Å². The average molecular weight is 1270 g/mol. The van der Waals surface area contributed by atoms with Crippen molar-refractivity contribution in [2.45, 2.75) is 268 Å². The van der Waals surface area contributed by atoms with Gasteiger partial charge in [0.05, 0.1) is 108 Å². The summed E-state index contributed by atoms with van der Waals surface area (Å²) in [6.45, 7) is 4.25. The van der Waals surface area contributed by atoms with Crippen molar-refractivity contribution in [2.24, 2.45) is 0 Å². The van der Waals surface area contributed by atoms with Crippen LogP contribution in [-0.4, -0.2) is 99.8 Å². The third-order valence-corrected chi connectivity index (χ3v) is 17.4. The van der Waals surface area contributed by atoms with Crippen molar-refractivity contribution in [2.75, 3.05) is 0 Å². The maximum Gasteiger partial charge on any atom is 2.00 e. The van der Waals surface area contributed by atoms with Crippen LogP contribution >= 0.6 is 0 Å². The molecule has 0 N–H and O–H groups in total. The summed E-state index contributed by atoms with van der Waals surface area (Å²) >= 11 is 0. The van der Waals surface area contributed by atoms with Crippen LogP contribution in [0.15, 0.2) is 37.2 Å². The third-order valence-electron chi connectivity index (χ3n) is 17.4. The summed E-state index contributed by atoms with van der Waals surface area (Å²) in [5, 5.41) is 54.4. The molecule has 0 unspecified atom stereocenters. The zero-order valence-corrected chi connectivity index (χ0v) is 51.2. The maximum atomic E-state index is 8.49. The molecular formula is C54H84Cl2CoN20O8. The molecule has 6 aliphatic rings. The number of aromatic nitrogens is 18. The smallest absolute Gasteiger partial charge is 0.285 e. The second kappa shape index (κ2) is 33.2. The van der Waals surface area contributed by atoms with Crippen LogP contribution in [-0.2, 0) is 56.0 Å². The minimum absolute atomic E-state index is 0. The van der Waals surface area contributed by atoms with Crippen LogP contribution in [0.2, 0.25) is 0 Å². The molecule has 85 heavy (non-hydrogen) atoms. The van der Waals surface area contributed by atoms with E-state index >= 15 is 0 Å². The van der Waals surface area contributed by atoms with Crippen molar-refractivity contribution in [3.8, 4) is 0 Å². The minimum atomic E-state index is -4.94. The van der Waals surface area contributed by atoms with Crippen molar-refractivity contribution >= 4 is 0 Å². The standard InChI is InChI=1S/2C27H42N10.2ClHO4.Co/c2*1-4-10-25(11-5-1)35-19-22(28-31-35)16-34(17-23-20-36(32-29-23)26-12-6-2-7-13-26)18-24-21-37(33-30-24)27-14-8-3-9-15-27;2*2-1(3,4)5;/h2*19-21,25-27H,1-18H2;2*(H,2,3,4,5);/q;;;;+2/p-2. The molecule has 1 radical (unpaired) electrons. The van der Waals surface area contributed by atoms with E-state index in [2.05, 4.69) is 137 Å². The largest absolute Gasteiger partial charge is 2.00 e. The van der Waals surface area contributed by atoms with Gasteiger partial charge in [-0.1, -0.05) is 147 Å². The van der Waals surface area contributed by atoms with Gasteiger partial charge < -0.3 is 0 Å². The molecule has 31 heteroatoms. The summed E-state index contributed by atoms with van der Waals surface area (Å²) in [6, 6.07) is 2.97. The summed E-state index contributed by atoms with van der Waals surface area (Å²) in [4.78, 5) is 4.72. The Balaban J connectivity index is 0.000000189. The number of hydrogen-bond donors (Lipinski definition) is 0. The van der Waals surface area contributed by atoms with Gasteiger partial charge in [-0.2, -0.15) is 0 Å². The van der Waals surface area contributed by atoms with Crippen LogP contribution in [0.5, 0.6) is 0 Å². The van der Waals surface area contributed by atoms with Crippen LogP contribution in [0.3, 0.4) is 0 Å². The van der Waals surface area contributed by atoms with Crippen molar-refractivity contribution in [1.82, 2.24) is 99.8 Å². The molecule has 6 saturated carbocycles. The fourth-order valence-corrected chi connectivity index (χ4v) is 13.2. The molecule has 12 rings (SSSR count). The number of hydrogen-bond acceptors (Lipinski definition) is 22. The fraction of sp³-hybridized carbons (Fsp3) is 0.778. The van der Waals surface area contributed by atoms with Gasteiger partial charge in [-0.3, -0.25) is 9.80 Å². The summed E-state index contributed by atoms with van der Waals surface area (Å²) < 4.78 is 80.6. The molecule has 0 aliphatic heterocycles. The number of nitrogens with zero attached hydrogens (tertiary/aromatic N) is 20. The Morgan fingerprint density at radius 2 is 0.400 bits per heavy atom. The molecule has 471 valence electrons. The summed E-state index contributed by atoms with van der Waals surface area (Å²) in [7, 11) is -9.89. The zero-order valence-electron chi connectivity index (χ0n) is 48.7. The van der Waals surface area contributed by atoms with Gasteiger partial charge in [0.1, 0.15) is 0 Å². The van der Waals surface area contributed by atoms with Gasteiger partial charge in [0.25, 0.3) is 0 Å². The number of halogens is 2. The molecule has 6 fully saturated rings. The van der Waals surface area contributed by atoms with Gasteiger partial charge in [-0.05, 0) is 77.0 Å². The van der Waals surface area contributed by atoms with E-state index in [1.54, 1.807) is 0 Å². The van der Waals surface area contributed by atoms with E-state index in [9.17, 15) is 0 Å².